The first kappa shape index (κ1) is 26.6. The topological polar surface area (TPSA) is 111 Å². The number of hydrogen-bond donors (Lipinski definition) is 3. The van der Waals surface area contributed by atoms with Crippen LogP contribution >= 0.6 is 0 Å². The zero-order valence-corrected chi connectivity index (χ0v) is 20.0. The maximum atomic E-state index is 13.4. The van der Waals surface area contributed by atoms with Gasteiger partial charge in [-0.2, -0.15) is 13.2 Å². The first-order chi connectivity index (χ1) is 16.7. The van der Waals surface area contributed by atoms with Crippen LogP contribution in [0.15, 0.2) is 42.5 Å². The zero-order valence-electron chi connectivity index (χ0n) is 20.0. The fourth-order valence-corrected chi connectivity index (χ4v) is 3.50. The van der Waals surface area contributed by atoms with Crippen LogP contribution in [-0.4, -0.2) is 59.7 Å². The van der Waals surface area contributed by atoms with Gasteiger partial charge in [0.25, 0.3) is 0 Å². The van der Waals surface area contributed by atoms with Crippen molar-refractivity contribution < 1.29 is 37.4 Å². The van der Waals surface area contributed by atoms with Crippen LogP contribution in [0.25, 0.3) is 0 Å². The van der Waals surface area contributed by atoms with Gasteiger partial charge in [0, 0.05) is 37.9 Å². The average molecular weight is 508 g/mol. The number of carbonyl (C=O) groups is 3. The molecule has 0 bridgehead atoms. The molecule has 1 heterocycles. The summed E-state index contributed by atoms with van der Waals surface area (Å²) in [7, 11) is 0. The monoisotopic (exact) mass is 508 g/mol. The van der Waals surface area contributed by atoms with Crippen LogP contribution in [0.3, 0.4) is 0 Å². The minimum absolute atomic E-state index is 0.137. The Morgan fingerprint density at radius 3 is 2.14 bits per heavy atom. The Kier molecular flexibility index (Phi) is 7.65. The largest absolute Gasteiger partial charge is 0.508 e. The number of amides is 3. The molecule has 0 saturated carbocycles. The number of phenolic OH excluding ortho intramolecular Hbond substituents is 1. The van der Waals surface area contributed by atoms with Gasteiger partial charge in [0.1, 0.15) is 11.4 Å². The fourth-order valence-electron chi connectivity index (χ4n) is 3.50. The van der Waals surface area contributed by atoms with E-state index in [4.69, 9.17) is 4.74 Å². The number of halogens is 3. The zero-order chi connectivity index (χ0) is 26.7. The summed E-state index contributed by atoms with van der Waals surface area (Å²) in [4.78, 5) is 40.4. The molecule has 0 radical (unpaired) electrons. The van der Waals surface area contributed by atoms with Gasteiger partial charge in [-0.3, -0.25) is 9.59 Å². The summed E-state index contributed by atoms with van der Waals surface area (Å²) < 4.78 is 45.4. The van der Waals surface area contributed by atoms with E-state index in [0.29, 0.717) is 0 Å². The number of nitrogens with one attached hydrogen (secondary N) is 2. The third-order valence-corrected chi connectivity index (χ3v) is 5.15. The minimum atomic E-state index is -4.67. The van der Waals surface area contributed by atoms with Crippen molar-refractivity contribution in [3.05, 3.63) is 48.0 Å². The number of alkyl halides is 3. The van der Waals surface area contributed by atoms with Gasteiger partial charge in [0.2, 0.25) is 0 Å². The second-order valence-corrected chi connectivity index (χ2v) is 9.14. The standard InChI is InChI=1S/C24H27F3N4O5/c1-23(2,3)36-22(35)31-11-9-30(10-12-31)19-8-7-15(24(25,26)27)13-18(19)29-21(34)20(33)28-16-5-4-6-17(32)14-16/h4-8,13-14,32H,9-12H2,1-3H3,(H,28,33)(H,29,34). The molecule has 12 heteroatoms. The Morgan fingerprint density at radius 1 is 0.917 bits per heavy atom. The van der Waals surface area contributed by atoms with E-state index in [2.05, 4.69) is 10.6 Å². The highest BCUT2D eigenvalue weighted by atomic mass is 19.4. The van der Waals surface area contributed by atoms with E-state index in [9.17, 15) is 32.7 Å². The number of phenols is 1. The molecule has 0 atom stereocenters. The summed E-state index contributed by atoms with van der Waals surface area (Å²) >= 11 is 0. The number of carbonyl (C=O) groups excluding carboxylic acids is 3. The first-order valence-electron chi connectivity index (χ1n) is 11.1. The van der Waals surface area contributed by atoms with Gasteiger partial charge in [0.05, 0.1) is 16.9 Å². The Labute approximate surface area is 205 Å². The number of anilines is 3. The maximum absolute atomic E-state index is 13.4. The first-order valence-corrected chi connectivity index (χ1v) is 11.1. The highest BCUT2D eigenvalue weighted by Crippen LogP contribution is 2.36. The summed E-state index contributed by atoms with van der Waals surface area (Å²) in [5.41, 5.74) is -1.46. The Balaban J connectivity index is 1.77. The van der Waals surface area contributed by atoms with Gasteiger partial charge < -0.3 is 30.3 Å². The van der Waals surface area contributed by atoms with Crippen LogP contribution in [0.5, 0.6) is 5.75 Å². The van der Waals surface area contributed by atoms with Gasteiger partial charge in [-0.05, 0) is 51.1 Å². The van der Waals surface area contributed by atoms with E-state index in [1.54, 1.807) is 25.7 Å². The predicted octanol–water partition coefficient (Wildman–Crippen LogP) is 4.05. The lowest BCUT2D eigenvalue weighted by molar-refractivity contribution is -0.137. The molecule has 3 rings (SSSR count). The molecule has 2 aromatic rings. The van der Waals surface area contributed by atoms with Crippen LogP contribution in [0, 0.1) is 0 Å². The molecule has 1 aliphatic rings. The number of ether oxygens (including phenoxy) is 1. The molecule has 36 heavy (non-hydrogen) atoms. The summed E-state index contributed by atoms with van der Waals surface area (Å²) in [5, 5.41) is 14.0. The number of hydrogen-bond acceptors (Lipinski definition) is 6. The van der Waals surface area contributed by atoms with E-state index in [1.807, 2.05) is 0 Å². The Hall–Kier alpha value is -3.96. The van der Waals surface area contributed by atoms with Crippen molar-refractivity contribution in [2.24, 2.45) is 0 Å². The lowest BCUT2D eigenvalue weighted by Gasteiger charge is -2.37. The van der Waals surface area contributed by atoms with Gasteiger partial charge in [-0.1, -0.05) is 6.07 Å². The lowest BCUT2D eigenvalue weighted by Crippen LogP contribution is -2.50. The molecule has 0 aromatic heterocycles. The van der Waals surface area contributed by atoms with Gasteiger partial charge >= 0.3 is 24.1 Å². The summed E-state index contributed by atoms with van der Waals surface area (Å²) in [6.07, 6.45) is -5.16. The van der Waals surface area contributed by atoms with Crippen LogP contribution in [0.2, 0.25) is 0 Å². The molecule has 0 unspecified atom stereocenters. The van der Waals surface area contributed by atoms with Crippen LogP contribution < -0.4 is 15.5 Å². The van der Waals surface area contributed by atoms with Crippen molar-refractivity contribution in [1.29, 1.82) is 0 Å². The van der Waals surface area contributed by atoms with Crippen molar-refractivity contribution in [3.8, 4) is 5.75 Å². The molecule has 1 saturated heterocycles. The van der Waals surface area contributed by atoms with Gasteiger partial charge in [-0.25, -0.2) is 4.79 Å². The summed E-state index contributed by atoms with van der Waals surface area (Å²) in [5.74, 6) is -2.45. The Morgan fingerprint density at radius 2 is 1.56 bits per heavy atom. The number of aromatic hydroxyl groups is 1. The molecule has 0 aliphatic carbocycles. The summed E-state index contributed by atoms with van der Waals surface area (Å²) in [6, 6.07) is 8.33. The molecule has 0 spiro atoms. The minimum Gasteiger partial charge on any atom is -0.508 e. The molecule has 3 amide bonds. The van der Waals surface area contributed by atoms with Crippen molar-refractivity contribution >= 4 is 35.0 Å². The molecule has 194 valence electrons. The smallest absolute Gasteiger partial charge is 0.416 e. The Bertz CT molecular complexity index is 1140. The van der Waals surface area contributed by atoms with Gasteiger partial charge in [0.15, 0.2) is 0 Å². The number of nitrogens with zero attached hydrogens (tertiary/aromatic N) is 2. The molecule has 1 fully saturated rings. The molecule has 2 aromatic carbocycles. The molecule has 9 nitrogen and oxygen atoms in total. The second kappa shape index (κ2) is 10.3. The van der Waals surface area contributed by atoms with Crippen LogP contribution in [0.1, 0.15) is 26.3 Å². The number of piperazine rings is 1. The van der Waals surface area contributed by atoms with Crippen molar-refractivity contribution in [2.75, 3.05) is 41.7 Å². The van der Waals surface area contributed by atoms with Crippen LogP contribution in [0.4, 0.5) is 35.0 Å². The van der Waals surface area contributed by atoms with Gasteiger partial charge in [-0.15, -0.1) is 0 Å². The fraction of sp³-hybridized carbons (Fsp3) is 0.375. The van der Waals surface area contributed by atoms with E-state index in [0.717, 1.165) is 12.1 Å². The average Bonchev–Trinajstić information content (AvgIpc) is 2.77. The van der Waals surface area contributed by atoms with E-state index >= 15 is 0 Å². The van der Waals surface area contributed by atoms with Crippen molar-refractivity contribution in [2.45, 2.75) is 32.5 Å². The van der Waals surface area contributed by atoms with Crippen molar-refractivity contribution in [1.82, 2.24) is 4.90 Å². The highest BCUT2D eigenvalue weighted by Gasteiger charge is 2.33. The van der Waals surface area contributed by atoms with Crippen molar-refractivity contribution in [3.63, 3.8) is 0 Å². The third kappa shape index (κ3) is 7.03. The maximum Gasteiger partial charge on any atom is 0.416 e. The van der Waals surface area contributed by atoms with E-state index in [-0.39, 0.29) is 49.0 Å². The second-order valence-electron chi connectivity index (χ2n) is 9.14. The van der Waals surface area contributed by atoms with Crippen LogP contribution in [-0.2, 0) is 20.5 Å². The number of rotatable bonds is 3. The third-order valence-electron chi connectivity index (χ3n) is 5.15. The highest BCUT2D eigenvalue weighted by molar-refractivity contribution is 6.44. The lowest BCUT2D eigenvalue weighted by atomic mass is 10.1. The number of benzene rings is 2. The molecule has 3 N–H and O–H groups in total. The molecular formula is C24H27F3N4O5. The predicted molar refractivity (Wildman–Crippen MR) is 127 cm³/mol. The quantitative estimate of drug-likeness (QED) is 0.540. The molecular weight excluding hydrogens is 481 g/mol. The van der Waals surface area contributed by atoms with E-state index < -0.39 is 35.2 Å². The normalized spacial score (nSPS) is 14.3. The van der Waals surface area contributed by atoms with E-state index in [1.165, 1.54) is 35.2 Å². The summed E-state index contributed by atoms with van der Waals surface area (Å²) in [6.45, 7) is 6.27. The SMILES string of the molecule is CC(C)(C)OC(=O)N1CCN(c2ccc(C(F)(F)F)cc2NC(=O)C(=O)Nc2cccc(O)c2)CC1. The molecule has 1 aliphatic heterocycles.